The molecule has 0 unspecified atom stereocenters. The molecule has 1 saturated carbocycles. The first-order valence-corrected chi connectivity index (χ1v) is 11.2. The van der Waals surface area contributed by atoms with Gasteiger partial charge in [-0.2, -0.15) is 5.10 Å². The smallest absolute Gasteiger partial charge is 0.271 e. The Morgan fingerprint density at radius 2 is 2.00 bits per heavy atom. The van der Waals surface area contributed by atoms with Crippen molar-refractivity contribution in [2.45, 2.75) is 28.8 Å². The third kappa shape index (κ3) is 4.16. The van der Waals surface area contributed by atoms with Gasteiger partial charge in [-0.15, -0.1) is 0 Å². The SMILES string of the molecule is CN(C)C(=O)c1ccc2cc(-c3nn(C4CC4)cc3Sc3ccc(Cl)cn3)ccc2n1. The molecular weight excluding hydrogens is 430 g/mol. The molecule has 31 heavy (non-hydrogen) atoms. The molecule has 4 aromatic rings. The van der Waals surface area contributed by atoms with Crippen LogP contribution in [0, 0.1) is 0 Å². The summed E-state index contributed by atoms with van der Waals surface area (Å²) in [6, 6.07) is 14.0. The van der Waals surface area contributed by atoms with Crippen LogP contribution < -0.4 is 0 Å². The summed E-state index contributed by atoms with van der Waals surface area (Å²) in [7, 11) is 3.45. The van der Waals surface area contributed by atoms with E-state index in [1.807, 2.05) is 30.3 Å². The van der Waals surface area contributed by atoms with E-state index >= 15 is 0 Å². The molecule has 0 N–H and O–H groups in total. The molecular formula is C23H20ClN5OS. The number of hydrogen-bond acceptors (Lipinski definition) is 5. The maximum absolute atomic E-state index is 12.2. The number of halogens is 1. The Balaban J connectivity index is 1.53. The lowest BCUT2D eigenvalue weighted by Gasteiger charge is -2.10. The van der Waals surface area contributed by atoms with Crippen molar-refractivity contribution in [3.63, 3.8) is 0 Å². The van der Waals surface area contributed by atoms with E-state index in [0.717, 1.165) is 44.9 Å². The van der Waals surface area contributed by atoms with Gasteiger partial charge in [-0.1, -0.05) is 35.5 Å². The molecule has 3 aromatic heterocycles. The van der Waals surface area contributed by atoms with Crippen molar-refractivity contribution >= 4 is 40.2 Å². The van der Waals surface area contributed by atoms with E-state index in [4.69, 9.17) is 16.7 Å². The Bertz CT molecular complexity index is 1280. The highest BCUT2D eigenvalue weighted by molar-refractivity contribution is 7.99. The summed E-state index contributed by atoms with van der Waals surface area (Å²) in [5.41, 5.74) is 3.15. The summed E-state index contributed by atoms with van der Waals surface area (Å²) in [5.74, 6) is -0.108. The van der Waals surface area contributed by atoms with E-state index in [2.05, 4.69) is 26.9 Å². The maximum Gasteiger partial charge on any atom is 0.271 e. The van der Waals surface area contributed by atoms with Crippen LogP contribution in [0.5, 0.6) is 0 Å². The molecule has 1 amide bonds. The van der Waals surface area contributed by atoms with Crippen molar-refractivity contribution in [1.82, 2.24) is 24.6 Å². The lowest BCUT2D eigenvalue weighted by atomic mass is 10.1. The fourth-order valence-electron chi connectivity index (χ4n) is 3.33. The average molecular weight is 450 g/mol. The Kier molecular flexibility index (Phi) is 5.16. The third-order valence-electron chi connectivity index (χ3n) is 5.12. The lowest BCUT2D eigenvalue weighted by molar-refractivity contribution is 0.0822. The van der Waals surface area contributed by atoms with Crippen molar-refractivity contribution in [1.29, 1.82) is 0 Å². The molecule has 1 aromatic carbocycles. The van der Waals surface area contributed by atoms with Gasteiger partial charge in [0.1, 0.15) is 16.4 Å². The third-order valence-corrected chi connectivity index (χ3v) is 6.31. The van der Waals surface area contributed by atoms with Gasteiger partial charge in [0.05, 0.1) is 21.5 Å². The molecule has 1 fully saturated rings. The highest BCUT2D eigenvalue weighted by Crippen LogP contribution is 2.40. The van der Waals surface area contributed by atoms with Gasteiger partial charge in [-0.3, -0.25) is 9.48 Å². The van der Waals surface area contributed by atoms with Gasteiger partial charge in [-0.05, 0) is 43.2 Å². The molecule has 156 valence electrons. The largest absolute Gasteiger partial charge is 0.343 e. The van der Waals surface area contributed by atoms with E-state index in [1.54, 1.807) is 38.1 Å². The fraction of sp³-hybridized carbons (Fsp3) is 0.217. The van der Waals surface area contributed by atoms with Crippen molar-refractivity contribution in [2.24, 2.45) is 0 Å². The van der Waals surface area contributed by atoms with Gasteiger partial charge < -0.3 is 4.90 Å². The van der Waals surface area contributed by atoms with Crippen LogP contribution in [-0.4, -0.2) is 44.7 Å². The Morgan fingerprint density at radius 3 is 2.71 bits per heavy atom. The second-order valence-corrected chi connectivity index (χ2v) is 9.27. The van der Waals surface area contributed by atoms with Gasteiger partial charge in [0, 0.05) is 37.4 Å². The normalized spacial score (nSPS) is 13.5. The number of amides is 1. The summed E-state index contributed by atoms with van der Waals surface area (Å²) in [6.07, 6.45) is 6.09. The first kappa shape index (κ1) is 20.0. The number of hydrogen-bond donors (Lipinski definition) is 0. The van der Waals surface area contributed by atoms with Gasteiger partial charge in [0.2, 0.25) is 0 Å². The van der Waals surface area contributed by atoms with E-state index in [1.165, 1.54) is 4.90 Å². The summed E-state index contributed by atoms with van der Waals surface area (Å²) in [5, 5.41) is 7.35. The minimum absolute atomic E-state index is 0.108. The molecule has 0 spiro atoms. The van der Waals surface area contributed by atoms with E-state index in [0.29, 0.717) is 16.8 Å². The van der Waals surface area contributed by atoms with Gasteiger partial charge in [0.15, 0.2) is 0 Å². The second kappa shape index (κ2) is 7.98. The van der Waals surface area contributed by atoms with E-state index in [9.17, 15) is 4.79 Å². The predicted octanol–water partition coefficient (Wildman–Crippen LogP) is 5.33. The first-order chi connectivity index (χ1) is 15.0. The van der Waals surface area contributed by atoms with Crippen LogP contribution in [0.4, 0.5) is 0 Å². The quantitative estimate of drug-likeness (QED) is 0.411. The van der Waals surface area contributed by atoms with E-state index < -0.39 is 0 Å². The number of aromatic nitrogens is 4. The maximum atomic E-state index is 12.2. The summed E-state index contributed by atoms with van der Waals surface area (Å²) in [6.45, 7) is 0. The zero-order chi connectivity index (χ0) is 21.5. The van der Waals surface area contributed by atoms with Gasteiger partial charge in [-0.25, -0.2) is 9.97 Å². The van der Waals surface area contributed by atoms with Gasteiger partial charge >= 0.3 is 0 Å². The van der Waals surface area contributed by atoms with E-state index in [-0.39, 0.29) is 5.91 Å². The highest BCUT2D eigenvalue weighted by atomic mass is 35.5. The van der Waals surface area contributed by atoms with Crippen molar-refractivity contribution in [3.8, 4) is 11.3 Å². The molecule has 8 heteroatoms. The van der Waals surface area contributed by atoms with Crippen LogP contribution in [0.1, 0.15) is 29.4 Å². The molecule has 1 aliphatic carbocycles. The number of nitrogens with zero attached hydrogens (tertiary/aromatic N) is 5. The van der Waals surface area contributed by atoms with Crippen LogP contribution in [0.15, 0.2) is 64.8 Å². The molecule has 3 heterocycles. The Hall–Kier alpha value is -2.90. The molecule has 6 nitrogen and oxygen atoms in total. The van der Waals surface area contributed by atoms with Crippen molar-refractivity contribution in [3.05, 3.63) is 65.6 Å². The second-order valence-electron chi connectivity index (χ2n) is 7.77. The topological polar surface area (TPSA) is 63.9 Å². The zero-order valence-electron chi connectivity index (χ0n) is 17.1. The lowest BCUT2D eigenvalue weighted by Crippen LogP contribution is -2.22. The monoisotopic (exact) mass is 449 g/mol. The molecule has 0 radical (unpaired) electrons. The zero-order valence-corrected chi connectivity index (χ0v) is 18.7. The number of rotatable bonds is 5. The number of benzene rings is 1. The van der Waals surface area contributed by atoms with Crippen LogP contribution >= 0.6 is 23.4 Å². The molecule has 0 atom stereocenters. The molecule has 0 aliphatic heterocycles. The number of pyridine rings is 2. The molecule has 0 saturated heterocycles. The highest BCUT2D eigenvalue weighted by Gasteiger charge is 2.26. The molecule has 1 aliphatic rings. The summed E-state index contributed by atoms with van der Waals surface area (Å²) >= 11 is 7.56. The summed E-state index contributed by atoms with van der Waals surface area (Å²) in [4.78, 5) is 23.7. The van der Waals surface area contributed by atoms with Crippen LogP contribution in [-0.2, 0) is 0 Å². The van der Waals surface area contributed by atoms with Crippen LogP contribution in [0.3, 0.4) is 0 Å². The number of carbonyl (C=O) groups is 1. The van der Waals surface area contributed by atoms with Crippen molar-refractivity contribution in [2.75, 3.05) is 14.1 Å². The Morgan fingerprint density at radius 1 is 1.16 bits per heavy atom. The minimum Gasteiger partial charge on any atom is -0.343 e. The van der Waals surface area contributed by atoms with Crippen molar-refractivity contribution < 1.29 is 4.79 Å². The van der Waals surface area contributed by atoms with Crippen LogP contribution in [0.2, 0.25) is 5.02 Å². The van der Waals surface area contributed by atoms with Crippen LogP contribution in [0.25, 0.3) is 22.2 Å². The number of fused-ring (bicyclic) bond motifs is 1. The minimum atomic E-state index is -0.108. The standard InChI is InChI=1S/C23H20ClN5OS/c1-28(2)23(30)19-9-3-14-11-15(4-8-18(14)26-19)22-20(13-29(27-22)17-6-7-17)31-21-10-5-16(24)12-25-21/h3-5,8-13,17H,6-7H2,1-2H3. The molecule has 0 bridgehead atoms. The number of carbonyl (C=O) groups excluding carboxylic acids is 1. The molecule has 5 rings (SSSR count). The van der Waals surface area contributed by atoms with Gasteiger partial charge in [0.25, 0.3) is 5.91 Å². The summed E-state index contributed by atoms with van der Waals surface area (Å²) < 4.78 is 2.06. The predicted molar refractivity (Wildman–Crippen MR) is 123 cm³/mol. The first-order valence-electron chi connectivity index (χ1n) is 9.99. The Labute approximate surface area is 189 Å². The average Bonchev–Trinajstić information content (AvgIpc) is 3.54. The fourth-order valence-corrected chi connectivity index (χ4v) is 4.33.